The molecular weight excluding hydrogens is 278 g/mol. The highest BCUT2D eigenvalue weighted by molar-refractivity contribution is 6.03. The van der Waals surface area contributed by atoms with E-state index in [4.69, 9.17) is 0 Å². The summed E-state index contributed by atoms with van der Waals surface area (Å²) in [5, 5.41) is 2.79. The summed E-state index contributed by atoms with van der Waals surface area (Å²) in [7, 11) is 2.04. The van der Waals surface area contributed by atoms with Gasteiger partial charge in [-0.2, -0.15) is 0 Å². The van der Waals surface area contributed by atoms with E-state index in [-0.39, 0.29) is 18.2 Å². The predicted octanol–water partition coefficient (Wildman–Crippen LogP) is 1.91. The van der Waals surface area contributed by atoms with Crippen LogP contribution >= 0.6 is 0 Å². The molecule has 2 amide bonds. The monoisotopic (exact) mass is 303 g/mol. The molecule has 0 aromatic heterocycles. The van der Waals surface area contributed by atoms with Gasteiger partial charge in [0.25, 0.3) is 0 Å². The highest BCUT2D eigenvalue weighted by Gasteiger charge is 2.21. The van der Waals surface area contributed by atoms with Crippen molar-refractivity contribution in [3.63, 3.8) is 0 Å². The third-order valence-electron chi connectivity index (χ3n) is 4.03. The molecule has 0 bridgehead atoms. The van der Waals surface area contributed by atoms with E-state index in [1.807, 2.05) is 31.3 Å². The third kappa shape index (κ3) is 4.56. The van der Waals surface area contributed by atoms with Crippen LogP contribution in [-0.2, 0) is 9.59 Å². The van der Waals surface area contributed by atoms with E-state index in [0.717, 1.165) is 18.8 Å². The van der Waals surface area contributed by atoms with E-state index in [1.165, 1.54) is 5.56 Å². The molecule has 0 saturated carbocycles. The van der Waals surface area contributed by atoms with Crippen LogP contribution < -0.4 is 5.32 Å². The number of hydrogen-bond acceptors (Lipinski definition) is 3. The second-order valence-corrected chi connectivity index (χ2v) is 6.19. The van der Waals surface area contributed by atoms with Gasteiger partial charge >= 0.3 is 0 Å². The molecular formula is C17H25N3O2. The van der Waals surface area contributed by atoms with Gasteiger partial charge < -0.3 is 15.1 Å². The van der Waals surface area contributed by atoms with Gasteiger partial charge in [-0.05, 0) is 30.7 Å². The average Bonchev–Trinajstić information content (AvgIpc) is 2.48. The minimum Gasteiger partial charge on any atom is -0.340 e. The van der Waals surface area contributed by atoms with Crippen LogP contribution in [0.3, 0.4) is 0 Å². The molecule has 1 aliphatic heterocycles. The first-order chi connectivity index (χ1) is 10.5. The number of rotatable bonds is 4. The van der Waals surface area contributed by atoms with Gasteiger partial charge in [0.15, 0.2) is 0 Å². The first-order valence-electron chi connectivity index (χ1n) is 7.82. The fraction of sp³-hybridized carbons (Fsp3) is 0.529. The number of hydrogen-bond donors (Lipinski definition) is 1. The minimum atomic E-state index is -0.249. The summed E-state index contributed by atoms with van der Waals surface area (Å²) < 4.78 is 0. The van der Waals surface area contributed by atoms with Gasteiger partial charge in [-0.25, -0.2) is 0 Å². The van der Waals surface area contributed by atoms with Crippen LogP contribution in [0.15, 0.2) is 24.3 Å². The van der Waals surface area contributed by atoms with Crippen molar-refractivity contribution in [2.45, 2.75) is 26.2 Å². The van der Waals surface area contributed by atoms with Crippen molar-refractivity contribution < 1.29 is 9.59 Å². The summed E-state index contributed by atoms with van der Waals surface area (Å²) in [5.74, 6) is 0.120. The maximum atomic E-state index is 12.1. The standard InChI is InChI=1S/C17H25N3O2/c1-13(2)14-4-6-15(7-5-14)18-16(21)12-17(22)20-10-8-19(3)9-11-20/h4-7,13H,8-12H2,1-3H3,(H,18,21). The van der Waals surface area contributed by atoms with Crippen molar-refractivity contribution in [1.29, 1.82) is 0 Å². The van der Waals surface area contributed by atoms with E-state index < -0.39 is 0 Å². The van der Waals surface area contributed by atoms with Crippen molar-refractivity contribution in [3.05, 3.63) is 29.8 Å². The van der Waals surface area contributed by atoms with Crippen LogP contribution in [0, 0.1) is 0 Å². The zero-order valence-corrected chi connectivity index (χ0v) is 13.6. The average molecular weight is 303 g/mol. The lowest BCUT2D eigenvalue weighted by atomic mass is 10.0. The number of benzene rings is 1. The molecule has 1 aromatic rings. The molecule has 1 saturated heterocycles. The summed E-state index contributed by atoms with van der Waals surface area (Å²) in [5.41, 5.74) is 1.96. The Kier molecular flexibility index (Phi) is 5.55. The number of carbonyl (C=O) groups is 2. The molecule has 1 N–H and O–H groups in total. The van der Waals surface area contributed by atoms with Crippen molar-refractivity contribution in [1.82, 2.24) is 9.80 Å². The number of carbonyl (C=O) groups excluding carboxylic acids is 2. The normalized spacial score (nSPS) is 15.9. The molecule has 1 aromatic carbocycles. The summed E-state index contributed by atoms with van der Waals surface area (Å²) in [6.07, 6.45) is -0.0877. The van der Waals surface area contributed by atoms with E-state index >= 15 is 0 Å². The molecule has 0 aliphatic carbocycles. The Morgan fingerprint density at radius 2 is 1.68 bits per heavy atom. The van der Waals surface area contributed by atoms with Gasteiger partial charge in [0.1, 0.15) is 6.42 Å². The second-order valence-electron chi connectivity index (χ2n) is 6.19. The fourth-order valence-corrected chi connectivity index (χ4v) is 2.46. The van der Waals surface area contributed by atoms with E-state index in [0.29, 0.717) is 19.0 Å². The number of nitrogens with one attached hydrogen (secondary N) is 1. The molecule has 5 heteroatoms. The minimum absolute atomic E-state index is 0.0877. The summed E-state index contributed by atoms with van der Waals surface area (Å²) in [4.78, 5) is 28.0. The van der Waals surface area contributed by atoms with Gasteiger partial charge in [-0.15, -0.1) is 0 Å². The second kappa shape index (κ2) is 7.40. The number of piperazine rings is 1. The van der Waals surface area contributed by atoms with Crippen LogP contribution in [0.1, 0.15) is 31.7 Å². The van der Waals surface area contributed by atoms with Gasteiger partial charge in [0.2, 0.25) is 11.8 Å². The van der Waals surface area contributed by atoms with Crippen LogP contribution in [-0.4, -0.2) is 54.8 Å². The molecule has 0 atom stereocenters. The van der Waals surface area contributed by atoms with Crippen LogP contribution in [0.25, 0.3) is 0 Å². The summed E-state index contributed by atoms with van der Waals surface area (Å²) >= 11 is 0. The highest BCUT2D eigenvalue weighted by Crippen LogP contribution is 2.17. The Morgan fingerprint density at radius 1 is 1.09 bits per heavy atom. The van der Waals surface area contributed by atoms with Crippen LogP contribution in [0.5, 0.6) is 0 Å². The molecule has 22 heavy (non-hydrogen) atoms. The SMILES string of the molecule is CC(C)c1ccc(NC(=O)CC(=O)N2CCN(C)CC2)cc1. The van der Waals surface area contributed by atoms with E-state index in [9.17, 15) is 9.59 Å². The lowest BCUT2D eigenvalue weighted by Gasteiger charge is -2.32. The molecule has 0 radical (unpaired) electrons. The third-order valence-corrected chi connectivity index (χ3v) is 4.03. The Bertz CT molecular complexity index is 517. The van der Waals surface area contributed by atoms with E-state index in [1.54, 1.807) is 4.90 Å². The predicted molar refractivity (Wildman–Crippen MR) is 87.9 cm³/mol. The van der Waals surface area contributed by atoms with Gasteiger partial charge in [-0.1, -0.05) is 26.0 Å². The Hall–Kier alpha value is -1.88. The number of anilines is 1. The molecule has 1 aliphatic rings. The lowest BCUT2D eigenvalue weighted by Crippen LogP contribution is -2.47. The summed E-state index contributed by atoms with van der Waals surface area (Å²) in [6.45, 7) is 7.38. The first-order valence-corrected chi connectivity index (χ1v) is 7.82. The Labute approximate surface area is 132 Å². The number of amides is 2. The zero-order valence-electron chi connectivity index (χ0n) is 13.6. The maximum Gasteiger partial charge on any atom is 0.233 e. The molecule has 0 spiro atoms. The molecule has 0 unspecified atom stereocenters. The lowest BCUT2D eigenvalue weighted by molar-refractivity contribution is -0.135. The van der Waals surface area contributed by atoms with Crippen LogP contribution in [0.2, 0.25) is 0 Å². The topological polar surface area (TPSA) is 52.7 Å². The largest absolute Gasteiger partial charge is 0.340 e. The molecule has 2 rings (SSSR count). The van der Waals surface area contributed by atoms with Gasteiger partial charge in [0.05, 0.1) is 0 Å². The van der Waals surface area contributed by atoms with E-state index in [2.05, 4.69) is 24.1 Å². The van der Waals surface area contributed by atoms with Gasteiger partial charge in [-0.3, -0.25) is 9.59 Å². The zero-order chi connectivity index (χ0) is 16.1. The van der Waals surface area contributed by atoms with Crippen molar-refractivity contribution in [3.8, 4) is 0 Å². The van der Waals surface area contributed by atoms with Crippen molar-refractivity contribution >= 4 is 17.5 Å². The Balaban J connectivity index is 1.83. The fourth-order valence-electron chi connectivity index (χ4n) is 2.46. The van der Waals surface area contributed by atoms with Crippen molar-refractivity contribution in [2.75, 3.05) is 38.5 Å². The molecule has 1 fully saturated rings. The summed E-state index contributed by atoms with van der Waals surface area (Å²) in [6, 6.07) is 7.77. The molecule has 120 valence electrons. The smallest absolute Gasteiger partial charge is 0.233 e. The van der Waals surface area contributed by atoms with Crippen molar-refractivity contribution in [2.24, 2.45) is 0 Å². The number of nitrogens with zero attached hydrogens (tertiary/aromatic N) is 2. The Morgan fingerprint density at radius 3 is 2.23 bits per heavy atom. The highest BCUT2D eigenvalue weighted by atomic mass is 16.2. The quantitative estimate of drug-likeness (QED) is 0.865. The maximum absolute atomic E-state index is 12.1. The molecule has 1 heterocycles. The first kappa shape index (κ1) is 16.5. The number of likely N-dealkylation sites (N-methyl/N-ethyl adjacent to an activating group) is 1. The van der Waals surface area contributed by atoms with Gasteiger partial charge in [0, 0.05) is 31.9 Å². The van der Waals surface area contributed by atoms with Crippen LogP contribution in [0.4, 0.5) is 5.69 Å². The molecule has 5 nitrogen and oxygen atoms in total.